The SMILES string of the molecule is CC(C)CC(C(=O)NC(C)CC(=O)O)N1C(=O)N(Cc2ccc(C#Cc3ccccc3F)cc2)C(C)(C)C1=O. The number of hydrogen-bond donors (Lipinski definition) is 2. The Kier molecular flexibility index (Phi) is 9.12. The maximum atomic E-state index is 13.8. The van der Waals surface area contributed by atoms with Gasteiger partial charge in [0.05, 0.1) is 12.0 Å². The van der Waals surface area contributed by atoms with Gasteiger partial charge >= 0.3 is 12.0 Å². The molecule has 3 rings (SSSR count). The number of hydrogen-bond acceptors (Lipinski definition) is 4. The summed E-state index contributed by atoms with van der Waals surface area (Å²) in [5.74, 6) is 3.20. The summed E-state index contributed by atoms with van der Waals surface area (Å²) < 4.78 is 13.8. The molecule has 0 radical (unpaired) electrons. The molecule has 206 valence electrons. The lowest BCUT2D eigenvalue weighted by Gasteiger charge is -2.28. The fourth-order valence-corrected chi connectivity index (χ4v) is 4.41. The summed E-state index contributed by atoms with van der Waals surface area (Å²) in [6.07, 6.45) is -0.0390. The third-order valence-electron chi connectivity index (χ3n) is 6.54. The molecule has 39 heavy (non-hydrogen) atoms. The molecule has 0 aromatic heterocycles. The van der Waals surface area contributed by atoms with Crippen LogP contribution < -0.4 is 5.32 Å². The van der Waals surface area contributed by atoms with E-state index >= 15 is 0 Å². The average Bonchev–Trinajstić information content (AvgIpc) is 3.01. The van der Waals surface area contributed by atoms with Gasteiger partial charge < -0.3 is 15.3 Å². The number of rotatable bonds is 9. The summed E-state index contributed by atoms with van der Waals surface area (Å²) in [6, 6.07) is 11.0. The van der Waals surface area contributed by atoms with Crippen LogP contribution in [0.5, 0.6) is 0 Å². The van der Waals surface area contributed by atoms with Crippen molar-refractivity contribution in [3.63, 3.8) is 0 Å². The van der Waals surface area contributed by atoms with E-state index in [2.05, 4.69) is 17.2 Å². The number of carbonyl (C=O) groups is 4. The number of halogens is 1. The minimum absolute atomic E-state index is 0.00805. The van der Waals surface area contributed by atoms with E-state index in [1.54, 1.807) is 63.2 Å². The molecule has 9 heteroatoms. The van der Waals surface area contributed by atoms with Crippen LogP contribution in [0, 0.1) is 23.6 Å². The number of amides is 4. The molecule has 0 aliphatic carbocycles. The number of carboxylic acid groups (broad SMARTS) is 1. The van der Waals surface area contributed by atoms with Crippen LogP contribution in [-0.2, 0) is 20.9 Å². The molecule has 1 aliphatic heterocycles. The van der Waals surface area contributed by atoms with Crippen molar-refractivity contribution in [2.75, 3.05) is 0 Å². The van der Waals surface area contributed by atoms with E-state index in [0.717, 1.165) is 10.5 Å². The fourth-order valence-electron chi connectivity index (χ4n) is 4.41. The first-order valence-corrected chi connectivity index (χ1v) is 12.8. The summed E-state index contributed by atoms with van der Waals surface area (Å²) in [5.41, 5.74) is 0.503. The largest absolute Gasteiger partial charge is 0.481 e. The molecule has 1 fully saturated rings. The van der Waals surface area contributed by atoms with E-state index in [-0.39, 0.29) is 25.3 Å². The van der Waals surface area contributed by atoms with Gasteiger partial charge in [-0.1, -0.05) is 50.0 Å². The molecule has 2 unspecified atom stereocenters. The molecular weight excluding hydrogens is 501 g/mol. The highest BCUT2D eigenvalue weighted by molar-refractivity contribution is 6.09. The van der Waals surface area contributed by atoms with E-state index in [9.17, 15) is 23.6 Å². The summed E-state index contributed by atoms with van der Waals surface area (Å²) in [5, 5.41) is 11.7. The van der Waals surface area contributed by atoms with Gasteiger partial charge in [-0.3, -0.25) is 14.4 Å². The topological polar surface area (TPSA) is 107 Å². The van der Waals surface area contributed by atoms with E-state index in [4.69, 9.17) is 5.11 Å². The molecule has 1 heterocycles. The van der Waals surface area contributed by atoms with Crippen molar-refractivity contribution >= 4 is 23.8 Å². The van der Waals surface area contributed by atoms with Crippen LogP contribution in [0.4, 0.5) is 9.18 Å². The van der Waals surface area contributed by atoms with Gasteiger partial charge in [0, 0.05) is 18.2 Å². The third kappa shape index (κ3) is 7.02. The molecule has 1 aliphatic rings. The van der Waals surface area contributed by atoms with Gasteiger partial charge in [0.15, 0.2) is 0 Å². The second-order valence-electron chi connectivity index (χ2n) is 10.7. The number of nitrogens with one attached hydrogen (secondary N) is 1. The van der Waals surface area contributed by atoms with E-state index in [1.807, 2.05) is 13.8 Å². The highest BCUT2D eigenvalue weighted by Crippen LogP contribution is 2.32. The highest BCUT2D eigenvalue weighted by atomic mass is 19.1. The van der Waals surface area contributed by atoms with Gasteiger partial charge in [-0.2, -0.15) is 0 Å². The van der Waals surface area contributed by atoms with Gasteiger partial charge in [-0.25, -0.2) is 14.1 Å². The molecule has 2 aromatic carbocycles. The maximum Gasteiger partial charge on any atom is 0.328 e. The van der Waals surface area contributed by atoms with E-state index < -0.39 is 47.3 Å². The number of nitrogens with zero attached hydrogens (tertiary/aromatic N) is 2. The van der Waals surface area contributed by atoms with Crippen LogP contribution >= 0.6 is 0 Å². The first-order chi connectivity index (χ1) is 18.3. The van der Waals surface area contributed by atoms with Gasteiger partial charge in [0.2, 0.25) is 5.91 Å². The Bertz CT molecular complexity index is 1310. The van der Waals surface area contributed by atoms with Crippen LogP contribution in [0.25, 0.3) is 0 Å². The molecule has 8 nitrogen and oxygen atoms in total. The van der Waals surface area contributed by atoms with Crippen LogP contribution in [0.1, 0.15) is 64.2 Å². The minimum Gasteiger partial charge on any atom is -0.481 e. The summed E-state index contributed by atoms with van der Waals surface area (Å²) in [4.78, 5) is 53.7. The van der Waals surface area contributed by atoms with Gasteiger partial charge in [0.25, 0.3) is 5.91 Å². The summed E-state index contributed by atoms with van der Waals surface area (Å²) >= 11 is 0. The van der Waals surface area contributed by atoms with Gasteiger partial charge in [0.1, 0.15) is 17.4 Å². The first-order valence-electron chi connectivity index (χ1n) is 12.8. The van der Waals surface area contributed by atoms with Gasteiger partial charge in [-0.05, 0) is 62.9 Å². The van der Waals surface area contributed by atoms with Crippen LogP contribution in [-0.4, -0.2) is 56.3 Å². The first kappa shape index (κ1) is 29.4. The van der Waals surface area contributed by atoms with Crippen molar-refractivity contribution in [1.29, 1.82) is 0 Å². The molecule has 0 saturated carbocycles. The lowest BCUT2D eigenvalue weighted by Crippen LogP contribution is -2.53. The second-order valence-corrected chi connectivity index (χ2v) is 10.7. The zero-order valence-corrected chi connectivity index (χ0v) is 22.8. The van der Waals surface area contributed by atoms with Crippen molar-refractivity contribution in [1.82, 2.24) is 15.1 Å². The van der Waals surface area contributed by atoms with Crippen LogP contribution in [0.15, 0.2) is 48.5 Å². The molecule has 4 amide bonds. The Morgan fingerprint density at radius 3 is 2.26 bits per heavy atom. The Balaban J connectivity index is 1.80. The predicted molar refractivity (Wildman–Crippen MR) is 144 cm³/mol. The molecule has 2 N–H and O–H groups in total. The van der Waals surface area contributed by atoms with E-state index in [1.165, 1.54) is 11.0 Å². The normalized spacial score (nSPS) is 16.1. The Morgan fingerprint density at radius 1 is 1.03 bits per heavy atom. The van der Waals surface area contributed by atoms with E-state index in [0.29, 0.717) is 11.1 Å². The Morgan fingerprint density at radius 2 is 1.67 bits per heavy atom. The lowest BCUT2D eigenvalue weighted by atomic mass is 9.99. The quantitative estimate of drug-likeness (QED) is 0.370. The number of benzene rings is 2. The van der Waals surface area contributed by atoms with Crippen LogP contribution in [0.3, 0.4) is 0 Å². The highest BCUT2D eigenvalue weighted by Gasteiger charge is 2.54. The van der Waals surface area contributed by atoms with Crippen molar-refractivity contribution in [3.05, 3.63) is 71.0 Å². The molecule has 1 saturated heterocycles. The molecule has 0 spiro atoms. The molecular formula is C30H34FN3O5. The van der Waals surface area contributed by atoms with Crippen molar-refractivity contribution in [2.24, 2.45) is 5.92 Å². The Hall–Kier alpha value is -4.19. The molecule has 2 aromatic rings. The second kappa shape index (κ2) is 12.1. The lowest BCUT2D eigenvalue weighted by molar-refractivity contribution is -0.140. The average molecular weight is 536 g/mol. The van der Waals surface area contributed by atoms with Crippen molar-refractivity contribution in [3.8, 4) is 11.8 Å². The van der Waals surface area contributed by atoms with Crippen LogP contribution in [0.2, 0.25) is 0 Å². The third-order valence-corrected chi connectivity index (χ3v) is 6.54. The fraction of sp³-hybridized carbons (Fsp3) is 0.400. The predicted octanol–water partition coefficient (Wildman–Crippen LogP) is 4.16. The number of carbonyl (C=O) groups excluding carboxylic acids is 3. The number of aliphatic carboxylic acids is 1. The molecule has 2 atom stereocenters. The summed E-state index contributed by atoms with van der Waals surface area (Å²) in [6.45, 7) is 8.72. The summed E-state index contributed by atoms with van der Waals surface area (Å²) in [7, 11) is 0. The number of carboxylic acids is 1. The Labute approximate surface area is 228 Å². The molecule has 0 bridgehead atoms. The van der Waals surface area contributed by atoms with Crippen molar-refractivity contribution < 1.29 is 28.7 Å². The smallest absolute Gasteiger partial charge is 0.328 e. The minimum atomic E-state index is -1.21. The zero-order chi connectivity index (χ0) is 28.9. The number of imide groups is 1. The maximum absolute atomic E-state index is 13.8. The monoisotopic (exact) mass is 535 g/mol. The van der Waals surface area contributed by atoms with Gasteiger partial charge in [-0.15, -0.1) is 0 Å². The number of urea groups is 1. The van der Waals surface area contributed by atoms with Crippen molar-refractivity contribution in [2.45, 2.75) is 71.6 Å². The zero-order valence-electron chi connectivity index (χ0n) is 22.8. The standard InChI is InChI=1S/C30H34FN3O5/c1-19(2)16-25(27(37)32-20(3)17-26(35)36)34-28(38)30(4,5)33(29(34)39)18-22-12-10-21(11-13-22)14-15-23-8-6-7-9-24(23)31/h6-13,19-20,25H,16-18H2,1-5H3,(H,32,37)(H,35,36).